The summed E-state index contributed by atoms with van der Waals surface area (Å²) in [6.07, 6.45) is 0. The number of nitro groups is 1. The number of nitrogens with zero attached hydrogens (tertiary/aromatic N) is 4. The highest BCUT2D eigenvalue weighted by molar-refractivity contribution is 7.99. The molecule has 3 heterocycles. The molecule has 8 nitrogen and oxygen atoms in total. The third-order valence-electron chi connectivity index (χ3n) is 5.13. The summed E-state index contributed by atoms with van der Waals surface area (Å²) in [4.78, 5) is 25.7. The third-order valence-corrected chi connectivity index (χ3v) is 6.20. The van der Waals surface area contributed by atoms with E-state index in [2.05, 4.69) is 4.98 Å². The predicted octanol–water partition coefficient (Wildman–Crippen LogP) is 4.62. The van der Waals surface area contributed by atoms with E-state index in [1.807, 2.05) is 30.3 Å². The smallest absolute Gasteiger partial charge is 0.271 e. The molecule has 31 heavy (non-hydrogen) atoms. The fourth-order valence-corrected chi connectivity index (χ4v) is 4.73. The van der Waals surface area contributed by atoms with Crippen molar-refractivity contribution in [2.24, 2.45) is 9.98 Å². The molecule has 0 N–H and O–H groups in total. The second-order valence-corrected chi connectivity index (χ2v) is 7.91. The first-order valence-corrected chi connectivity index (χ1v) is 10.2. The summed E-state index contributed by atoms with van der Waals surface area (Å²) < 4.78 is 11.5. The molecule has 150 valence electrons. The van der Waals surface area contributed by atoms with E-state index in [1.54, 1.807) is 19.2 Å². The summed E-state index contributed by atoms with van der Waals surface area (Å²) in [5.74, 6) is 1.53. The predicted molar refractivity (Wildman–Crippen MR) is 114 cm³/mol. The van der Waals surface area contributed by atoms with E-state index in [9.17, 15) is 10.1 Å². The number of hydrogen-bond donors (Lipinski definition) is 0. The molecule has 6 rings (SSSR count). The van der Waals surface area contributed by atoms with Crippen LogP contribution in [0.4, 0.5) is 17.1 Å². The van der Waals surface area contributed by atoms with Gasteiger partial charge >= 0.3 is 0 Å². The van der Waals surface area contributed by atoms with Crippen molar-refractivity contribution in [3.63, 3.8) is 0 Å². The lowest BCUT2D eigenvalue weighted by Crippen LogP contribution is -2.21. The minimum atomic E-state index is -0.443. The van der Waals surface area contributed by atoms with Crippen LogP contribution in [0.5, 0.6) is 17.4 Å². The molecular weight excluding hydrogens is 416 g/mol. The van der Waals surface area contributed by atoms with E-state index in [0.29, 0.717) is 33.4 Å². The number of hydrogen-bond acceptors (Lipinski definition) is 8. The average Bonchev–Trinajstić information content (AvgIpc) is 2.81. The van der Waals surface area contributed by atoms with Gasteiger partial charge in [0.15, 0.2) is 11.5 Å². The van der Waals surface area contributed by atoms with Gasteiger partial charge in [-0.25, -0.2) is 15.0 Å². The van der Waals surface area contributed by atoms with Gasteiger partial charge in [-0.1, -0.05) is 36.0 Å². The van der Waals surface area contributed by atoms with Gasteiger partial charge in [0.1, 0.15) is 16.1 Å². The Hall–Kier alpha value is -3.98. The van der Waals surface area contributed by atoms with Gasteiger partial charge in [0.2, 0.25) is 5.88 Å². The summed E-state index contributed by atoms with van der Waals surface area (Å²) in [6, 6.07) is 15.9. The van der Waals surface area contributed by atoms with E-state index >= 15 is 0 Å². The number of benzene rings is 3. The number of aromatic nitrogens is 1. The van der Waals surface area contributed by atoms with Crippen LogP contribution in [0.25, 0.3) is 10.8 Å². The first kappa shape index (κ1) is 17.8. The summed E-state index contributed by atoms with van der Waals surface area (Å²) in [6.45, 7) is 0. The number of non-ortho nitro benzene ring substituents is 1. The maximum atomic E-state index is 11.2. The molecule has 0 bridgehead atoms. The van der Waals surface area contributed by atoms with Crippen LogP contribution in [-0.2, 0) is 0 Å². The number of fused-ring (bicyclic) bond motifs is 8. The number of rotatable bonds is 2. The zero-order chi connectivity index (χ0) is 21.1. The number of methoxy groups -OCH3 is 1. The lowest BCUT2D eigenvalue weighted by Gasteiger charge is -2.21. The van der Waals surface area contributed by atoms with Crippen molar-refractivity contribution in [3.05, 3.63) is 75.4 Å². The summed E-state index contributed by atoms with van der Waals surface area (Å²) >= 11 is 1.45. The third kappa shape index (κ3) is 2.67. The van der Waals surface area contributed by atoms with E-state index in [-0.39, 0.29) is 5.69 Å². The Kier molecular flexibility index (Phi) is 3.75. The standard InChI is InChI=1S/C22H12N4O4S/c1-29-17-9-7-14-22(25-17)31-21-19(23-14)13-5-3-2-4-12(13)18-20(21)30-16-8-6-11(26(27)28)10-15(16)24-18/h2-10H,1H3. The van der Waals surface area contributed by atoms with Crippen LogP contribution in [-0.4, -0.2) is 17.0 Å². The zero-order valence-electron chi connectivity index (χ0n) is 16.0. The SMILES string of the molecule is COc1ccc2c(n1)Sc1c3c(c4ccccc4c1=N2)=Nc1cc([N+](=O)[O-])ccc1O3. The quantitative estimate of drug-likeness (QED) is 0.295. The summed E-state index contributed by atoms with van der Waals surface area (Å²) in [5.41, 5.74) is 1.14. The molecule has 0 spiro atoms. The minimum Gasteiger partial charge on any atom is -0.481 e. The Morgan fingerprint density at radius 2 is 1.77 bits per heavy atom. The molecule has 4 aromatic rings. The van der Waals surface area contributed by atoms with Gasteiger partial charge in [0, 0.05) is 29.0 Å². The molecule has 0 fully saturated rings. The molecule has 1 aromatic heterocycles. The Bertz CT molecular complexity index is 1570. The maximum Gasteiger partial charge on any atom is 0.271 e. The highest BCUT2D eigenvalue weighted by Crippen LogP contribution is 2.44. The molecule has 0 unspecified atom stereocenters. The van der Waals surface area contributed by atoms with Crippen molar-refractivity contribution in [2.45, 2.75) is 9.92 Å². The Labute approximate surface area is 179 Å². The van der Waals surface area contributed by atoms with Crippen LogP contribution in [0, 0.1) is 10.1 Å². The van der Waals surface area contributed by atoms with Gasteiger partial charge in [0.05, 0.1) is 28.0 Å². The highest BCUT2D eigenvalue weighted by atomic mass is 32.2. The molecule has 3 aromatic carbocycles. The van der Waals surface area contributed by atoms with Gasteiger partial charge in [-0.05, 0) is 12.1 Å². The number of ether oxygens (including phenoxy) is 2. The molecule has 0 radical (unpaired) electrons. The summed E-state index contributed by atoms with van der Waals surface area (Å²) in [5, 5.41) is 15.1. The van der Waals surface area contributed by atoms with Crippen LogP contribution >= 0.6 is 11.8 Å². The van der Waals surface area contributed by atoms with Crippen LogP contribution in [0.1, 0.15) is 0 Å². The van der Waals surface area contributed by atoms with Gasteiger partial charge in [0.25, 0.3) is 5.69 Å². The average molecular weight is 428 g/mol. The molecule has 0 saturated carbocycles. The van der Waals surface area contributed by atoms with E-state index in [4.69, 9.17) is 19.5 Å². The fourth-order valence-electron chi connectivity index (χ4n) is 3.70. The second kappa shape index (κ2) is 6.51. The molecule has 9 heteroatoms. The Morgan fingerprint density at radius 3 is 2.55 bits per heavy atom. The van der Waals surface area contributed by atoms with E-state index in [1.165, 1.54) is 23.9 Å². The van der Waals surface area contributed by atoms with Gasteiger partial charge in [-0.15, -0.1) is 0 Å². The van der Waals surface area contributed by atoms with Crippen molar-refractivity contribution in [1.82, 2.24) is 4.98 Å². The van der Waals surface area contributed by atoms with Gasteiger partial charge < -0.3 is 9.47 Å². The molecule has 0 saturated heterocycles. The van der Waals surface area contributed by atoms with Crippen molar-refractivity contribution in [2.75, 3.05) is 7.11 Å². The van der Waals surface area contributed by atoms with E-state index < -0.39 is 4.92 Å². The molecule has 0 aliphatic carbocycles. The first-order valence-electron chi connectivity index (χ1n) is 9.34. The molecular formula is C22H12N4O4S. The maximum absolute atomic E-state index is 11.2. The largest absolute Gasteiger partial charge is 0.481 e. The molecule has 0 amide bonds. The van der Waals surface area contributed by atoms with Crippen molar-refractivity contribution < 1.29 is 14.4 Å². The lowest BCUT2D eigenvalue weighted by atomic mass is 10.1. The fraction of sp³-hybridized carbons (Fsp3) is 0.0455. The van der Waals surface area contributed by atoms with Gasteiger partial charge in [-0.2, -0.15) is 0 Å². The Morgan fingerprint density at radius 1 is 1.00 bits per heavy atom. The monoisotopic (exact) mass is 428 g/mol. The minimum absolute atomic E-state index is 0.0357. The lowest BCUT2D eigenvalue weighted by molar-refractivity contribution is -0.384. The topological polar surface area (TPSA) is 99.2 Å². The second-order valence-electron chi connectivity index (χ2n) is 6.92. The van der Waals surface area contributed by atoms with Crippen LogP contribution < -0.4 is 20.2 Å². The van der Waals surface area contributed by atoms with Crippen molar-refractivity contribution >= 4 is 39.6 Å². The van der Waals surface area contributed by atoms with Crippen LogP contribution in [0.15, 0.2) is 74.5 Å². The number of pyridine rings is 1. The summed E-state index contributed by atoms with van der Waals surface area (Å²) in [7, 11) is 1.57. The van der Waals surface area contributed by atoms with Crippen molar-refractivity contribution in [1.29, 1.82) is 0 Å². The van der Waals surface area contributed by atoms with Crippen molar-refractivity contribution in [3.8, 4) is 17.4 Å². The molecule has 2 aliphatic rings. The van der Waals surface area contributed by atoms with Gasteiger partial charge in [-0.3, -0.25) is 10.1 Å². The van der Waals surface area contributed by atoms with E-state index in [0.717, 1.165) is 26.7 Å². The molecule has 2 aliphatic heterocycles. The molecule has 0 atom stereocenters. The van der Waals surface area contributed by atoms with Crippen LogP contribution in [0.3, 0.4) is 0 Å². The van der Waals surface area contributed by atoms with Crippen LogP contribution in [0.2, 0.25) is 0 Å². The zero-order valence-corrected chi connectivity index (χ0v) is 16.8. The Balaban J connectivity index is 1.69. The first-order chi connectivity index (χ1) is 15.1. The highest BCUT2D eigenvalue weighted by Gasteiger charge is 2.26. The number of nitro benzene ring substituents is 1. The normalized spacial score (nSPS) is 12.9.